The van der Waals surface area contributed by atoms with Crippen molar-refractivity contribution in [2.75, 3.05) is 5.73 Å². The summed E-state index contributed by atoms with van der Waals surface area (Å²) in [4.78, 5) is 0. The van der Waals surface area contributed by atoms with Gasteiger partial charge in [0.25, 0.3) is 0 Å². The Kier molecular flexibility index (Phi) is 8.00. The van der Waals surface area contributed by atoms with Gasteiger partial charge in [0.2, 0.25) is 0 Å². The Morgan fingerprint density at radius 2 is 0.962 bits per heavy atom. The molecule has 0 saturated carbocycles. The van der Waals surface area contributed by atoms with E-state index in [-0.39, 0.29) is 0 Å². The average molecular weight is 650 g/mol. The van der Waals surface area contributed by atoms with Crippen LogP contribution in [0.3, 0.4) is 0 Å². The fourth-order valence-electron chi connectivity index (χ4n) is 2.85. The van der Waals surface area contributed by atoms with Crippen LogP contribution in [0.5, 0.6) is 0 Å². The number of benzene rings is 3. The summed E-state index contributed by atoms with van der Waals surface area (Å²) in [5.41, 5.74) is 20.9. The normalized spacial score (nSPS) is 13.0. The summed E-state index contributed by atoms with van der Waals surface area (Å²) in [6.07, 6.45) is 0. The molecule has 0 unspecified atom stereocenters. The maximum absolute atomic E-state index is 7.03. The van der Waals surface area contributed by atoms with Crippen molar-refractivity contribution in [2.24, 2.45) is 11.0 Å². The molecule has 3 aromatic carbocycles. The molecule has 0 saturated heterocycles. The van der Waals surface area contributed by atoms with Crippen LogP contribution in [-0.2, 0) is 10.1 Å². The summed E-state index contributed by atoms with van der Waals surface area (Å²) in [7, 11) is -0.732. The third-order valence-electron chi connectivity index (χ3n) is 4.08. The molecule has 0 aliphatic carbocycles. The van der Waals surface area contributed by atoms with Crippen LogP contribution in [-0.4, -0.2) is 0 Å². The molecule has 0 aliphatic rings. The van der Waals surface area contributed by atoms with Crippen molar-refractivity contribution < 1.29 is 10.1 Å². The van der Waals surface area contributed by atoms with Crippen LogP contribution >= 0.6 is 47.8 Å². The predicted octanol–water partition coefficient (Wildman–Crippen LogP) is 4.38. The molecule has 0 bridgehead atoms. The summed E-state index contributed by atoms with van der Waals surface area (Å²) >= 11 is 9.74. The Morgan fingerprint density at radius 1 is 0.615 bits per heavy atom. The van der Waals surface area contributed by atoms with Crippen molar-refractivity contribution in [2.45, 2.75) is 0 Å². The van der Waals surface area contributed by atoms with E-state index in [1.807, 2.05) is 84.9 Å². The van der Waals surface area contributed by atoms with Gasteiger partial charge in [-0.1, -0.05) is 0 Å². The average Bonchev–Trinajstić information content (AvgIpc) is 2.63. The molecule has 3 nitrogen and oxygen atoms in total. The van der Waals surface area contributed by atoms with E-state index in [0.29, 0.717) is 5.69 Å². The van der Waals surface area contributed by atoms with Gasteiger partial charge >= 0.3 is 181 Å². The number of nitrogens with two attached hydrogens (primary N) is 3. The van der Waals surface area contributed by atoms with Gasteiger partial charge in [-0.05, 0) is 0 Å². The van der Waals surface area contributed by atoms with E-state index in [4.69, 9.17) is 16.7 Å². The van der Waals surface area contributed by atoms with Crippen molar-refractivity contribution in [3.63, 3.8) is 0 Å². The number of hydrogen-bond acceptors (Lipinski definition) is 3. The first-order valence-electron chi connectivity index (χ1n) is 7.53. The zero-order valence-electron chi connectivity index (χ0n) is 13.7. The van der Waals surface area contributed by atoms with E-state index in [1.165, 1.54) is 0 Å². The standard InChI is InChI=1S/C18H20N3P.3BrH.Ru/c19-17-13-7-8-14-18(17)22(20,21,15-9-3-1-4-10-15)16-11-5-2-6-12-16;;;;/h1-14H,19-21H2;3*1H;/q;;;;+3/p-3. The molecule has 0 radical (unpaired) electrons. The minimum absolute atomic E-state index is 0.623. The second-order valence-electron chi connectivity index (χ2n) is 5.64. The van der Waals surface area contributed by atoms with Crippen molar-refractivity contribution in [1.29, 1.82) is 0 Å². The Morgan fingerprint density at radius 3 is 1.35 bits per heavy atom. The van der Waals surface area contributed by atoms with Crippen LogP contribution in [0.15, 0.2) is 84.9 Å². The first-order chi connectivity index (χ1) is 12.3. The fraction of sp³-hybridized carbons (Fsp3) is 0. The van der Waals surface area contributed by atoms with Crippen LogP contribution in [0.1, 0.15) is 0 Å². The van der Waals surface area contributed by atoms with Crippen LogP contribution < -0.4 is 32.7 Å². The summed E-state index contributed by atoms with van der Waals surface area (Å²) in [5.74, 6) is 0. The SMILES string of the molecule is Nc1ccccc1P(N)(N)(c1ccccc1)c1ccccc1.[Br][Ru]([Br])[Br]. The molecular formula is C18H20Br3N3PRu. The molecule has 141 valence electrons. The molecule has 0 fully saturated rings. The Hall–Kier alpha value is -0.127. The van der Waals surface area contributed by atoms with Crippen LogP contribution in [0.25, 0.3) is 0 Å². The van der Waals surface area contributed by atoms with Crippen LogP contribution in [0.4, 0.5) is 5.69 Å². The van der Waals surface area contributed by atoms with Crippen molar-refractivity contribution in [3.05, 3.63) is 84.9 Å². The molecule has 0 heterocycles. The fourth-order valence-corrected chi connectivity index (χ4v) is 6.37. The van der Waals surface area contributed by atoms with E-state index in [0.717, 1.165) is 15.9 Å². The molecule has 0 aliphatic heterocycles. The Balaban J connectivity index is 0.000000552. The number of anilines is 1. The maximum atomic E-state index is 7.03. The summed E-state index contributed by atoms with van der Waals surface area (Å²) in [6.45, 7) is -3.55. The molecule has 8 heteroatoms. The summed E-state index contributed by atoms with van der Waals surface area (Å²) < 4.78 is 0. The molecular weight excluding hydrogens is 630 g/mol. The molecule has 6 N–H and O–H groups in total. The van der Waals surface area contributed by atoms with Gasteiger partial charge in [-0.15, -0.1) is 0 Å². The van der Waals surface area contributed by atoms with E-state index in [2.05, 4.69) is 40.9 Å². The minimum atomic E-state index is -3.55. The van der Waals surface area contributed by atoms with Crippen molar-refractivity contribution in [3.8, 4) is 0 Å². The molecule has 3 aromatic rings. The van der Waals surface area contributed by atoms with E-state index in [9.17, 15) is 0 Å². The quantitative estimate of drug-likeness (QED) is 0.224. The van der Waals surface area contributed by atoms with E-state index >= 15 is 0 Å². The summed E-state index contributed by atoms with van der Waals surface area (Å²) in [6, 6.07) is 27.3. The first-order valence-corrected chi connectivity index (χ1v) is 21.8. The van der Waals surface area contributed by atoms with Gasteiger partial charge in [-0.25, -0.2) is 0 Å². The van der Waals surface area contributed by atoms with Gasteiger partial charge in [0.05, 0.1) is 0 Å². The first kappa shape index (κ1) is 22.2. The number of rotatable bonds is 3. The number of para-hydroxylation sites is 1. The topological polar surface area (TPSA) is 78.1 Å². The molecule has 0 spiro atoms. The molecule has 0 amide bonds. The van der Waals surface area contributed by atoms with Crippen molar-refractivity contribution >= 4 is 69.4 Å². The zero-order valence-corrected chi connectivity index (χ0v) is 21.1. The second-order valence-corrected chi connectivity index (χ2v) is 33.7. The Labute approximate surface area is 179 Å². The monoisotopic (exact) mass is 648 g/mol. The van der Waals surface area contributed by atoms with Gasteiger partial charge in [0.15, 0.2) is 0 Å². The summed E-state index contributed by atoms with van der Waals surface area (Å²) in [5, 5.41) is 2.64. The van der Waals surface area contributed by atoms with Crippen LogP contribution in [0, 0.1) is 0 Å². The number of halogens is 3. The van der Waals surface area contributed by atoms with Crippen LogP contribution in [0.2, 0.25) is 0 Å². The van der Waals surface area contributed by atoms with Gasteiger partial charge in [-0.2, -0.15) is 0 Å². The molecule has 3 rings (SSSR count). The zero-order chi connectivity index (χ0) is 19.2. The van der Waals surface area contributed by atoms with Crippen molar-refractivity contribution in [1.82, 2.24) is 0 Å². The van der Waals surface area contributed by atoms with Gasteiger partial charge in [0.1, 0.15) is 0 Å². The molecule has 0 atom stereocenters. The van der Waals surface area contributed by atoms with E-state index in [1.54, 1.807) is 0 Å². The van der Waals surface area contributed by atoms with E-state index < -0.39 is 17.0 Å². The predicted molar refractivity (Wildman–Crippen MR) is 125 cm³/mol. The van der Waals surface area contributed by atoms with Gasteiger partial charge in [0, 0.05) is 0 Å². The van der Waals surface area contributed by atoms with Gasteiger partial charge < -0.3 is 0 Å². The third-order valence-corrected chi connectivity index (χ3v) is 8.35. The Bertz CT molecular complexity index is 802. The van der Waals surface area contributed by atoms with Gasteiger partial charge in [-0.3, -0.25) is 0 Å². The second kappa shape index (κ2) is 9.38. The molecule has 0 aromatic heterocycles. The third kappa shape index (κ3) is 4.83. The molecule has 26 heavy (non-hydrogen) atoms. The number of nitrogen functional groups attached to an aromatic ring is 1. The number of hydrogen-bond donors (Lipinski definition) is 3.